The molecule has 3 aromatic rings. The largest absolute Gasteiger partial charge is 0.324 e. The van der Waals surface area contributed by atoms with Gasteiger partial charge >= 0.3 is 0 Å². The summed E-state index contributed by atoms with van der Waals surface area (Å²) < 4.78 is 1.67. The minimum Gasteiger partial charge on any atom is -0.324 e. The van der Waals surface area contributed by atoms with E-state index in [0.717, 1.165) is 5.69 Å². The number of para-hydroxylation sites is 1. The molecule has 0 aliphatic carbocycles. The lowest BCUT2D eigenvalue weighted by molar-refractivity contribution is -0.115. The molecular weight excluding hydrogens is 379 g/mol. The van der Waals surface area contributed by atoms with E-state index in [1.54, 1.807) is 36.1 Å². The first kappa shape index (κ1) is 17.8. The van der Waals surface area contributed by atoms with Gasteiger partial charge in [0.2, 0.25) is 11.1 Å². The molecule has 0 bridgehead atoms. The summed E-state index contributed by atoms with van der Waals surface area (Å²) in [6, 6.07) is 14.6. The molecule has 1 N–H and O–H groups in total. The molecule has 2 aromatic carbocycles. The topological polar surface area (TPSA) is 59.8 Å². The number of nitrogens with one attached hydrogen (secondary N) is 1. The van der Waals surface area contributed by atoms with E-state index in [2.05, 4.69) is 15.4 Å². The third kappa shape index (κ3) is 4.54. The predicted molar refractivity (Wildman–Crippen MR) is 102 cm³/mol. The molecule has 5 nitrogen and oxygen atoms in total. The van der Waals surface area contributed by atoms with Crippen LogP contribution in [-0.4, -0.2) is 25.9 Å². The number of halogens is 2. The van der Waals surface area contributed by atoms with Crippen LogP contribution in [0, 0.1) is 0 Å². The zero-order valence-corrected chi connectivity index (χ0v) is 15.5. The first-order chi connectivity index (χ1) is 12.0. The Labute approximate surface area is 159 Å². The average molecular weight is 393 g/mol. The highest BCUT2D eigenvalue weighted by molar-refractivity contribution is 8.00. The van der Waals surface area contributed by atoms with Gasteiger partial charge in [-0.2, -0.15) is 0 Å². The molecule has 3 rings (SSSR count). The Morgan fingerprint density at radius 1 is 1.20 bits per heavy atom. The lowest BCUT2D eigenvalue weighted by Crippen LogP contribution is -2.22. The highest BCUT2D eigenvalue weighted by Gasteiger charge is 2.18. The Morgan fingerprint density at radius 2 is 1.96 bits per heavy atom. The van der Waals surface area contributed by atoms with Crippen molar-refractivity contribution >= 4 is 46.6 Å². The van der Waals surface area contributed by atoms with E-state index in [1.165, 1.54) is 11.8 Å². The first-order valence-electron chi connectivity index (χ1n) is 7.42. The monoisotopic (exact) mass is 392 g/mol. The molecule has 0 fully saturated rings. The fourth-order valence-electron chi connectivity index (χ4n) is 2.05. The van der Waals surface area contributed by atoms with E-state index in [0.29, 0.717) is 20.9 Å². The minimum atomic E-state index is -0.401. The van der Waals surface area contributed by atoms with Gasteiger partial charge in [-0.1, -0.05) is 53.2 Å². The molecular formula is C17H14Cl2N4OS. The van der Waals surface area contributed by atoms with Gasteiger partial charge in [0.25, 0.3) is 0 Å². The zero-order valence-electron chi connectivity index (χ0n) is 13.2. The molecule has 0 radical (unpaired) electrons. The van der Waals surface area contributed by atoms with E-state index in [9.17, 15) is 4.79 Å². The third-order valence-electron chi connectivity index (χ3n) is 3.33. The molecule has 0 saturated carbocycles. The van der Waals surface area contributed by atoms with E-state index in [-0.39, 0.29) is 5.91 Å². The Kier molecular flexibility index (Phi) is 5.63. The number of carbonyl (C=O) groups excluding carboxylic acids is 1. The number of anilines is 1. The molecule has 1 atom stereocenters. The molecule has 128 valence electrons. The van der Waals surface area contributed by atoms with Crippen LogP contribution < -0.4 is 5.32 Å². The van der Waals surface area contributed by atoms with Crippen LogP contribution in [0.3, 0.4) is 0 Å². The van der Waals surface area contributed by atoms with Gasteiger partial charge in [0.15, 0.2) is 0 Å². The molecule has 1 aromatic heterocycles. The smallest absolute Gasteiger partial charge is 0.237 e. The van der Waals surface area contributed by atoms with Crippen molar-refractivity contribution in [3.8, 4) is 5.69 Å². The van der Waals surface area contributed by atoms with Gasteiger partial charge in [-0.05, 0) is 37.3 Å². The second-order valence-corrected chi connectivity index (χ2v) is 7.33. The number of rotatable bonds is 5. The number of carbonyl (C=O) groups is 1. The van der Waals surface area contributed by atoms with Crippen molar-refractivity contribution in [1.82, 2.24) is 14.8 Å². The van der Waals surface area contributed by atoms with Gasteiger partial charge in [0.1, 0.15) is 6.33 Å². The summed E-state index contributed by atoms with van der Waals surface area (Å²) in [5.74, 6) is -0.203. The van der Waals surface area contributed by atoms with E-state index >= 15 is 0 Å². The summed E-state index contributed by atoms with van der Waals surface area (Å²) in [5.41, 5.74) is 1.39. The highest BCUT2D eigenvalue weighted by atomic mass is 35.5. The Balaban J connectivity index is 1.66. The molecule has 8 heteroatoms. The third-order valence-corrected chi connectivity index (χ3v) is 4.86. The number of benzene rings is 2. The van der Waals surface area contributed by atoms with Crippen LogP contribution in [0.5, 0.6) is 0 Å². The molecule has 0 saturated heterocycles. The second-order valence-electron chi connectivity index (χ2n) is 5.18. The Morgan fingerprint density at radius 3 is 2.72 bits per heavy atom. The van der Waals surface area contributed by atoms with Gasteiger partial charge in [0, 0.05) is 5.02 Å². The molecule has 0 aliphatic heterocycles. The number of hydrogen-bond acceptors (Lipinski definition) is 4. The van der Waals surface area contributed by atoms with Crippen LogP contribution in [0.1, 0.15) is 6.92 Å². The maximum Gasteiger partial charge on any atom is 0.237 e. The van der Waals surface area contributed by atoms with Crippen LogP contribution in [0.4, 0.5) is 5.69 Å². The summed E-state index contributed by atoms with van der Waals surface area (Å²) in [6.45, 7) is 1.78. The van der Waals surface area contributed by atoms with Gasteiger partial charge in [-0.25, -0.2) is 9.67 Å². The minimum absolute atomic E-state index is 0.203. The Bertz CT molecular complexity index is 885. The molecule has 1 heterocycles. The van der Waals surface area contributed by atoms with Crippen LogP contribution >= 0.6 is 35.0 Å². The van der Waals surface area contributed by atoms with Crippen molar-refractivity contribution in [2.75, 3.05) is 5.32 Å². The highest BCUT2D eigenvalue weighted by Crippen LogP contribution is 2.27. The molecule has 0 unspecified atom stereocenters. The zero-order chi connectivity index (χ0) is 17.8. The van der Waals surface area contributed by atoms with Crippen molar-refractivity contribution in [3.05, 3.63) is 64.9 Å². The second kappa shape index (κ2) is 7.91. The van der Waals surface area contributed by atoms with Crippen LogP contribution in [0.25, 0.3) is 5.69 Å². The van der Waals surface area contributed by atoms with E-state index in [4.69, 9.17) is 23.2 Å². The van der Waals surface area contributed by atoms with Crippen LogP contribution in [0.2, 0.25) is 10.0 Å². The van der Waals surface area contributed by atoms with E-state index < -0.39 is 5.25 Å². The quantitative estimate of drug-likeness (QED) is 0.639. The summed E-state index contributed by atoms with van der Waals surface area (Å²) in [6.07, 6.45) is 1.62. The van der Waals surface area contributed by atoms with Gasteiger partial charge < -0.3 is 5.32 Å². The number of nitrogens with zero attached hydrogens (tertiary/aromatic N) is 3. The lowest BCUT2D eigenvalue weighted by Gasteiger charge is -2.11. The summed E-state index contributed by atoms with van der Waals surface area (Å²) >= 11 is 13.3. The fraction of sp³-hybridized carbons (Fsp3) is 0.118. The molecule has 1 amide bonds. The van der Waals surface area contributed by atoms with Gasteiger partial charge in [-0.15, -0.1) is 5.10 Å². The SMILES string of the molecule is C[C@H](Sc1ncn(-c2ccccc2)n1)C(=O)Nc1cc(Cl)ccc1Cl. The van der Waals surface area contributed by atoms with E-state index in [1.807, 2.05) is 30.3 Å². The normalized spacial score (nSPS) is 12.0. The van der Waals surface area contributed by atoms with Crippen LogP contribution in [-0.2, 0) is 4.79 Å². The maximum absolute atomic E-state index is 12.4. The number of aromatic nitrogens is 3. The first-order valence-corrected chi connectivity index (χ1v) is 9.06. The van der Waals surface area contributed by atoms with Crippen LogP contribution in [0.15, 0.2) is 60.0 Å². The lowest BCUT2D eigenvalue weighted by atomic mass is 10.3. The number of amides is 1. The number of thioether (sulfide) groups is 1. The molecule has 0 spiro atoms. The summed E-state index contributed by atoms with van der Waals surface area (Å²) in [4.78, 5) is 16.6. The maximum atomic E-state index is 12.4. The van der Waals surface area contributed by atoms with Crippen molar-refractivity contribution < 1.29 is 4.79 Å². The van der Waals surface area contributed by atoms with Crippen molar-refractivity contribution in [3.63, 3.8) is 0 Å². The fourth-order valence-corrected chi connectivity index (χ4v) is 3.11. The van der Waals surface area contributed by atoms with Gasteiger partial charge in [0.05, 0.1) is 21.6 Å². The summed E-state index contributed by atoms with van der Waals surface area (Å²) in [7, 11) is 0. The average Bonchev–Trinajstić information content (AvgIpc) is 3.07. The van der Waals surface area contributed by atoms with Crippen molar-refractivity contribution in [2.45, 2.75) is 17.3 Å². The molecule has 0 aliphatic rings. The molecule has 25 heavy (non-hydrogen) atoms. The van der Waals surface area contributed by atoms with Crippen molar-refractivity contribution in [2.24, 2.45) is 0 Å². The van der Waals surface area contributed by atoms with Gasteiger partial charge in [-0.3, -0.25) is 4.79 Å². The Hall–Kier alpha value is -2.02. The standard InChI is InChI=1S/C17H14Cl2N4OS/c1-11(16(24)21-15-9-12(18)7-8-14(15)19)25-17-20-10-23(22-17)13-5-3-2-4-6-13/h2-11H,1H3,(H,21,24)/t11-/m0/s1. The van der Waals surface area contributed by atoms with Crippen molar-refractivity contribution in [1.29, 1.82) is 0 Å². The number of hydrogen-bond donors (Lipinski definition) is 1. The predicted octanol–water partition coefficient (Wildman–Crippen LogP) is 4.69. The summed E-state index contributed by atoms with van der Waals surface area (Å²) in [5, 5.41) is 8.20.